The quantitative estimate of drug-likeness (QED) is 0.870. The van der Waals surface area contributed by atoms with Gasteiger partial charge < -0.3 is 10.2 Å². The second kappa shape index (κ2) is 6.27. The van der Waals surface area contributed by atoms with Gasteiger partial charge in [0.2, 0.25) is 0 Å². The number of rotatable bonds is 6. The molecule has 1 aliphatic carbocycles. The van der Waals surface area contributed by atoms with E-state index in [0.717, 1.165) is 24.8 Å². The Morgan fingerprint density at radius 3 is 2.62 bits per heavy atom. The molecule has 2 aromatic carbocycles. The highest BCUT2D eigenvalue weighted by atomic mass is 19.1. The van der Waals surface area contributed by atoms with Crippen molar-refractivity contribution in [1.29, 1.82) is 0 Å². The second-order valence-corrected chi connectivity index (χ2v) is 5.81. The summed E-state index contributed by atoms with van der Waals surface area (Å²) >= 11 is 0. The average molecular weight is 284 g/mol. The van der Waals surface area contributed by atoms with Crippen molar-refractivity contribution in [3.05, 3.63) is 65.5 Å². The van der Waals surface area contributed by atoms with Gasteiger partial charge in [-0.15, -0.1) is 0 Å². The first-order chi connectivity index (χ1) is 10.2. The van der Waals surface area contributed by atoms with Gasteiger partial charge in [0.1, 0.15) is 5.82 Å². The maximum atomic E-state index is 13.3. The SMILES string of the molecule is CN(Cc1cccc(CNC2CC2)c1)c1cccc(F)c1. The van der Waals surface area contributed by atoms with Gasteiger partial charge in [0, 0.05) is 31.9 Å². The first-order valence-electron chi connectivity index (χ1n) is 7.48. The molecule has 1 fully saturated rings. The molecule has 0 heterocycles. The van der Waals surface area contributed by atoms with Crippen LogP contribution in [-0.4, -0.2) is 13.1 Å². The van der Waals surface area contributed by atoms with E-state index in [0.29, 0.717) is 0 Å². The largest absolute Gasteiger partial charge is 0.370 e. The van der Waals surface area contributed by atoms with Gasteiger partial charge in [-0.2, -0.15) is 0 Å². The van der Waals surface area contributed by atoms with Crippen molar-refractivity contribution in [2.45, 2.75) is 32.0 Å². The lowest BCUT2D eigenvalue weighted by molar-refractivity contribution is 0.627. The topological polar surface area (TPSA) is 15.3 Å². The average Bonchev–Trinajstić information content (AvgIpc) is 3.30. The highest BCUT2D eigenvalue weighted by Gasteiger charge is 2.19. The smallest absolute Gasteiger partial charge is 0.125 e. The minimum Gasteiger partial charge on any atom is -0.370 e. The van der Waals surface area contributed by atoms with Crippen molar-refractivity contribution in [3.63, 3.8) is 0 Å². The number of nitrogens with zero attached hydrogens (tertiary/aromatic N) is 1. The number of hydrogen-bond donors (Lipinski definition) is 1. The molecule has 1 aliphatic rings. The second-order valence-electron chi connectivity index (χ2n) is 5.81. The Hall–Kier alpha value is -1.87. The molecule has 3 heteroatoms. The Kier molecular flexibility index (Phi) is 4.20. The van der Waals surface area contributed by atoms with Gasteiger partial charge in [-0.1, -0.05) is 30.3 Å². The summed E-state index contributed by atoms with van der Waals surface area (Å²) in [7, 11) is 1.99. The molecule has 3 rings (SSSR count). The van der Waals surface area contributed by atoms with Crippen LogP contribution in [0.1, 0.15) is 24.0 Å². The van der Waals surface area contributed by atoms with Crippen LogP contribution in [0.4, 0.5) is 10.1 Å². The zero-order valence-electron chi connectivity index (χ0n) is 12.3. The molecule has 0 atom stereocenters. The molecule has 0 amide bonds. The van der Waals surface area contributed by atoms with Gasteiger partial charge >= 0.3 is 0 Å². The predicted molar refractivity (Wildman–Crippen MR) is 84.8 cm³/mol. The Balaban J connectivity index is 1.64. The monoisotopic (exact) mass is 284 g/mol. The molecular weight excluding hydrogens is 263 g/mol. The Morgan fingerprint density at radius 1 is 1.10 bits per heavy atom. The van der Waals surface area contributed by atoms with E-state index in [2.05, 4.69) is 34.5 Å². The summed E-state index contributed by atoms with van der Waals surface area (Å²) in [4.78, 5) is 2.07. The lowest BCUT2D eigenvalue weighted by Crippen LogP contribution is -2.18. The zero-order valence-corrected chi connectivity index (χ0v) is 12.3. The summed E-state index contributed by atoms with van der Waals surface area (Å²) in [5.74, 6) is -0.193. The van der Waals surface area contributed by atoms with E-state index in [-0.39, 0.29) is 5.82 Å². The summed E-state index contributed by atoms with van der Waals surface area (Å²) in [5.41, 5.74) is 3.46. The number of hydrogen-bond acceptors (Lipinski definition) is 2. The van der Waals surface area contributed by atoms with E-state index in [1.807, 2.05) is 13.1 Å². The number of benzene rings is 2. The Bertz CT molecular complexity index is 608. The maximum absolute atomic E-state index is 13.3. The van der Waals surface area contributed by atoms with Gasteiger partial charge in [0.15, 0.2) is 0 Å². The van der Waals surface area contributed by atoms with Gasteiger partial charge in [-0.05, 0) is 42.2 Å². The first-order valence-corrected chi connectivity index (χ1v) is 7.48. The van der Waals surface area contributed by atoms with Gasteiger partial charge in [-0.3, -0.25) is 0 Å². The van der Waals surface area contributed by atoms with Crippen LogP contribution in [0.15, 0.2) is 48.5 Å². The molecule has 0 aliphatic heterocycles. The normalized spacial score (nSPS) is 14.2. The summed E-state index contributed by atoms with van der Waals surface area (Å²) in [6.45, 7) is 1.71. The highest BCUT2D eigenvalue weighted by Crippen LogP contribution is 2.20. The predicted octanol–water partition coefficient (Wildman–Crippen LogP) is 3.71. The molecule has 1 saturated carbocycles. The van der Waals surface area contributed by atoms with Crippen LogP contribution >= 0.6 is 0 Å². The summed E-state index contributed by atoms with van der Waals surface area (Å²) in [5, 5.41) is 3.53. The molecule has 21 heavy (non-hydrogen) atoms. The van der Waals surface area contributed by atoms with E-state index in [1.165, 1.54) is 30.0 Å². The Labute approximate surface area is 125 Å². The summed E-state index contributed by atoms with van der Waals surface area (Å²) in [6, 6.07) is 16.0. The molecule has 0 unspecified atom stereocenters. The van der Waals surface area contributed by atoms with Crippen LogP contribution in [0, 0.1) is 5.82 Å². The van der Waals surface area contributed by atoms with Crippen molar-refractivity contribution in [1.82, 2.24) is 5.32 Å². The minimum absolute atomic E-state index is 0.193. The fourth-order valence-electron chi connectivity index (χ4n) is 2.47. The van der Waals surface area contributed by atoms with Gasteiger partial charge in [0.25, 0.3) is 0 Å². The van der Waals surface area contributed by atoms with E-state index in [1.54, 1.807) is 12.1 Å². The third-order valence-electron chi connectivity index (χ3n) is 3.83. The molecule has 0 spiro atoms. The van der Waals surface area contributed by atoms with Crippen LogP contribution in [-0.2, 0) is 13.1 Å². The molecule has 110 valence electrons. The van der Waals surface area contributed by atoms with E-state index >= 15 is 0 Å². The fourth-order valence-corrected chi connectivity index (χ4v) is 2.47. The van der Waals surface area contributed by atoms with Gasteiger partial charge in [0.05, 0.1) is 0 Å². The molecule has 2 aromatic rings. The molecule has 0 radical (unpaired) electrons. The molecule has 0 aromatic heterocycles. The first kappa shape index (κ1) is 14.1. The Morgan fingerprint density at radius 2 is 1.86 bits per heavy atom. The third kappa shape index (κ3) is 4.05. The van der Waals surface area contributed by atoms with Crippen LogP contribution in [0.25, 0.3) is 0 Å². The molecule has 2 nitrogen and oxygen atoms in total. The third-order valence-corrected chi connectivity index (χ3v) is 3.83. The fraction of sp³-hybridized carbons (Fsp3) is 0.333. The van der Waals surface area contributed by atoms with E-state index < -0.39 is 0 Å². The van der Waals surface area contributed by atoms with Gasteiger partial charge in [-0.25, -0.2) is 4.39 Å². The number of nitrogens with one attached hydrogen (secondary N) is 1. The van der Waals surface area contributed by atoms with Crippen molar-refractivity contribution >= 4 is 5.69 Å². The van der Waals surface area contributed by atoms with Crippen molar-refractivity contribution < 1.29 is 4.39 Å². The lowest BCUT2D eigenvalue weighted by atomic mass is 10.1. The van der Waals surface area contributed by atoms with Crippen molar-refractivity contribution in [3.8, 4) is 0 Å². The van der Waals surface area contributed by atoms with Crippen LogP contribution in [0.2, 0.25) is 0 Å². The highest BCUT2D eigenvalue weighted by molar-refractivity contribution is 5.46. The van der Waals surface area contributed by atoms with E-state index in [4.69, 9.17) is 0 Å². The van der Waals surface area contributed by atoms with Crippen molar-refractivity contribution in [2.24, 2.45) is 0 Å². The van der Waals surface area contributed by atoms with Crippen LogP contribution in [0.3, 0.4) is 0 Å². The molecule has 1 N–H and O–H groups in total. The van der Waals surface area contributed by atoms with Crippen LogP contribution in [0.5, 0.6) is 0 Å². The number of anilines is 1. The van der Waals surface area contributed by atoms with E-state index in [9.17, 15) is 4.39 Å². The zero-order chi connectivity index (χ0) is 14.7. The molecule has 0 saturated heterocycles. The molecular formula is C18H21FN2. The minimum atomic E-state index is -0.193. The van der Waals surface area contributed by atoms with Crippen LogP contribution < -0.4 is 10.2 Å². The standard InChI is InChI=1S/C18H21FN2/c1-21(18-7-3-6-16(19)11-18)13-15-5-2-4-14(10-15)12-20-17-8-9-17/h2-7,10-11,17,20H,8-9,12-13H2,1H3. The maximum Gasteiger partial charge on any atom is 0.125 e. The van der Waals surface area contributed by atoms with Crippen molar-refractivity contribution in [2.75, 3.05) is 11.9 Å². The summed E-state index contributed by atoms with van der Waals surface area (Å²) < 4.78 is 13.3. The summed E-state index contributed by atoms with van der Waals surface area (Å²) in [6.07, 6.45) is 2.62. The lowest BCUT2D eigenvalue weighted by Gasteiger charge is -2.20. The molecule has 0 bridgehead atoms. The number of halogens is 1.